The Hall–Kier alpha value is -3.28. The van der Waals surface area contributed by atoms with Gasteiger partial charge in [-0.2, -0.15) is 0 Å². The summed E-state index contributed by atoms with van der Waals surface area (Å²) in [4.78, 5) is 13.9. The molecule has 1 aromatic heterocycles. The topological polar surface area (TPSA) is 50.2 Å². The Labute approximate surface area is 188 Å². The molecule has 7 heteroatoms. The van der Waals surface area contributed by atoms with Gasteiger partial charge in [0.25, 0.3) is 0 Å². The van der Waals surface area contributed by atoms with E-state index in [0.29, 0.717) is 33.8 Å². The molecule has 0 fully saturated rings. The second-order valence-electron chi connectivity index (χ2n) is 7.04. The van der Waals surface area contributed by atoms with Crippen LogP contribution in [0.25, 0.3) is 11.3 Å². The van der Waals surface area contributed by atoms with Gasteiger partial charge in [0.05, 0.1) is 18.0 Å². The number of fused-ring (bicyclic) bond motifs is 3. The number of hydrogen-bond donors (Lipinski definition) is 1. The fourth-order valence-electron chi connectivity index (χ4n) is 3.56. The zero-order valence-electron chi connectivity index (χ0n) is 16.1. The third-order valence-electron chi connectivity index (χ3n) is 4.97. The molecule has 0 saturated carbocycles. The van der Waals surface area contributed by atoms with Gasteiger partial charge in [0.1, 0.15) is 5.82 Å². The highest BCUT2D eigenvalue weighted by Gasteiger charge is 2.23. The molecule has 4 nitrogen and oxygen atoms in total. The van der Waals surface area contributed by atoms with Crippen molar-refractivity contribution in [1.82, 2.24) is 9.97 Å². The van der Waals surface area contributed by atoms with Gasteiger partial charge in [0.15, 0.2) is 0 Å². The maximum Gasteiger partial charge on any atom is 0.227 e. The van der Waals surface area contributed by atoms with Crippen LogP contribution in [0.2, 0.25) is 10.0 Å². The van der Waals surface area contributed by atoms with Crippen molar-refractivity contribution in [3.8, 4) is 11.3 Å². The summed E-state index contributed by atoms with van der Waals surface area (Å²) in [5, 5.41) is 4.33. The van der Waals surface area contributed by atoms with Crippen LogP contribution < -0.4 is 5.32 Å². The molecule has 152 valence electrons. The second kappa shape index (κ2) is 8.10. The van der Waals surface area contributed by atoms with Crippen molar-refractivity contribution in [2.24, 2.45) is 4.99 Å². The first-order valence-electron chi connectivity index (χ1n) is 9.56. The van der Waals surface area contributed by atoms with Gasteiger partial charge in [0.2, 0.25) is 5.95 Å². The first-order chi connectivity index (χ1) is 15.1. The number of nitrogens with zero attached hydrogens (tertiary/aromatic N) is 3. The lowest BCUT2D eigenvalue weighted by molar-refractivity contribution is 0.625. The highest BCUT2D eigenvalue weighted by Crippen LogP contribution is 2.34. The van der Waals surface area contributed by atoms with Gasteiger partial charge >= 0.3 is 0 Å². The van der Waals surface area contributed by atoms with E-state index in [1.807, 2.05) is 18.2 Å². The molecule has 0 bridgehead atoms. The van der Waals surface area contributed by atoms with Crippen LogP contribution in [0.3, 0.4) is 0 Å². The smallest absolute Gasteiger partial charge is 0.227 e. The van der Waals surface area contributed by atoms with Crippen LogP contribution in [0.5, 0.6) is 0 Å². The number of benzene rings is 3. The summed E-state index contributed by atoms with van der Waals surface area (Å²) in [5.41, 5.74) is 4.84. The average Bonchev–Trinajstić information content (AvgIpc) is 2.91. The summed E-state index contributed by atoms with van der Waals surface area (Å²) in [6.07, 6.45) is 1.74. The zero-order valence-corrected chi connectivity index (χ0v) is 17.6. The van der Waals surface area contributed by atoms with Crippen molar-refractivity contribution in [2.45, 2.75) is 6.54 Å². The van der Waals surface area contributed by atoms with Crippen LogP contribution in [0, 0.1) is 5.82 Å². The molecule has 0 radical (unpaired) electrons. The lowest BCUT2D eigenvalue weighted by Crippen LogP contribution is -2.07. The summed E-state index contributed by atoms with van der Waals surface area (Å²) in [6, 6.07) is 19.4. The van der Waals surface area contributed by atoms with E-state index in [4.69, 9.17) is 33.2 Å². The van der Waals surface area contributed by atoms with Gasteiger partial charge in [0, 0.05) is 44.2 Å². The van der Waals surface area contributed by atoms with Crippen molar-refractivity contribution in [2.75, 3.05) is 5.32 Å². The Morgan fingerprint density at radius 1 is 0.839 bits per heavy atom. The van der Waals surface area contributed by atoms with Gasteiger partial charge in [-0.25, -0.2) is 14.4 Å². The van der Waals surface area contributed by atoms with E-state index >= 15 is 0 Å². The summed E-state index contributed by atoms with van der Waals surface area (Å²) in [6.45, 7) is 0.322. The summed E-state index contributed by atoms with van der Waals surface area (Å²) >= 11 is 12.4. The van der Waals surface area contributed by atoms with Gasteiger partial charge in [-0.15, -0.1) is 0 Å². The molecule has 4 aromatic rings. The van der Waals surface area contributed by atoms with E-state index in [2.05, 4.69) is 10.3 Å². The van der Waals surface area contributed by atoms with Crippen molar-refractivity contribution in [3.05, 3.63) is 105 Å². The Kier molecular flexibility index (Phi) is 5.14. The Bertz CT molecular complexity index is 1340. The predicted octanol–water partition coefficient (Wildman–Crippen LogP) is 6.68. The predicted molar refractivity (Wildman–Crippen MR) is 123 cm³/mol. The van der Waals surface area contributed by atoms with Gasteiger partial charge in [-0.05, 0) is 42.5 Å². The first-order valence-corrected chi connectivity index (χ1v) is 10.3. The van der Waals surface area contributed by atoms with E-state index in [0.717, 1.165) is 28.1 Å². The highest BCUT2D eigenvalue weighted by atomic mass is 35.5. The summed E-state index contributed by atoms with van der Waals surface area (Å²) in [5.74, 6) is 0.0868. The molecule has 5 rings (SSSR count). The van der Waals surface area contributed by atoms with E-state index in [9.17, 15) is 4.39 Å². The molecular weight excluding hydrogens is 434 g/mol. The summed E-state index contributed by atoms with van der Waals surface area (Å²) < 4.78 is 14.6. The minimum absolute atomic E-state index is 0.322. The van der Waals surface area contributed by atoms with Crippen LogP contribution in [0.1, 0.15) is 16.7 Å². The van der Waals surface area contributed by atoms with Crippen molar-refractivity contribution >= 4 is 40.5 Å². The lowest BCUT2D eigenvalue weighted by Gasteiger charge is -2.13. The minimum atomic E-state index is -0.340. The number of hydrogen-bond acceptors (Lipinski definition) is 4. The largest absolute Gasteiger partial charge is 0.324 e. The van der Waals surface area contributed by atoms with Crippen molar-refractivity contribution in [1.29, 1.82) is 0 Å². The molecule has 0 saturated heterocycles. The third kappa shape index (κ3) is 3.90. The number of rotatable bonds is 3. The van der Waals surface area contributed by atoms with E-state index < -0.39 is 0 Å². The van der Waals surface area contributed by atoms with E-state index in [1.165, 1.54) is 6.07 Å². The fraction of sp³-hybridized carbons (Fsp3) is 0.0417. The Morgan fingerprint density at radius 2 is 1.68 bits per heavy atom. The SMILES string of the molecule is Fc1ccccc1C1=NCc2cnc(Nc3cccc(Cl)c3)nc2-c2ccc(Cl)cc21. The van der Waals surface area contributed by atoms with E-state index in [-0.39, 0.29) is 5.82 Å². The molecule has 0 amide bonds. The number of aromatic nitrogens is 2. The molecule has 1 aliphatic heterocycles. The van der Waals surface area contributed by atoms with Crippen molar-refractivity contribution < 1.29 is 4.39 Å². The molecule has 0 spiro atoms. The monoisotopic (exact) mass is 448 g/mol. The number of halogens is 3. The molecule has 1 N–H and O–H groups in total. The molecule has 0 aliphatic carbocycles. The number of aliphatic imine (C=N–C) groups is 1. The highest BCUT2D eigenvalue weighted by molar-refractivity contribution is 6.31. The molecule has 31 heavy (non-hydrogen) atoms. The molecule has 0 atom stereocenters. The third-order valence-corrected chi connectivity index (χ3v) is 5.44. The van der Waals surface area contributed by atoms with Gasteiger partial charge < -0.3 is 5.32 Å². The summed E-state index contributed by atoms with van der Waals surface area (Å²) in [7, 11) is 0. The van der Waals surface area contributed by atoms with Crippen LogP contribution in [-0.2, 0) is 6.54 Å². The van der Waals surface area contributed by atoms with Crippen molar-refractivity contribution in [3.63, 3.8) is 0 Å². The Morgan fingerprint density at radius 3 is 2.52 bits per heavy atom. The van der Waals surface area contributed by atoms with Gasteiger partial charge in [-0.1, -0.05) is 47.5 Å². The minimum Gasteiger partial charge on any atom is -0.324 e. The molecule has 3 aromatic carbocycles. The standard InChI is InChI=1S/C24H15Cl2FN4/c25-15-4-3-5-17(10-15)30-24-29-13-14-12-28-23(19-6-1-2-7-21(19)27)20-11-16(26)8-9-18(20)22(14)31-24/h1-11,13H,12H2,(H,29,30,31). The number of nitrogens with one attached hydrogen (secondary N) is 1. The lowest BCUT2D eigenvalue weighted by atomic mass is 9.95. The normalized spacial score (nSPS) is 12.4. The first kappa shape index (κ1) is 19.7. The van der Waals surface area contributed by atoms with Crippen LogP contribution in [0.4, 0.5) is 16.0 Å². The number of anilines is 2. The quantitative estimate of drug-likeness (QED) is 0.379. The Balaban J connectivity index is 1.63. The molecule has 1 aliphatic rings. The van der Waals surface area contributed by atoms with Crippen LogP contribution >= 0.6 is 23.2 Å². The van der Waals surface area contributed by atoms with Gasteiger partial charge in [-0.3, -0.25) is 4.99 Å². The molecular formula is C24H15Cl2FN4. The molecule has 2 heterocycles. The van der Waals surface area contributed by atoms with Crippen LogP contribution in [-0.4, -0.2) is 15.7 Å². The van der Waals surface area contributed by atoms with Crippen LogP contribution in [0.15, 0.2) is 77.9 Å². The second-order valence-corrected chi connectivity index (χ2v) is 7.91. The van der Waals surface area contributed by atoms with E-state index in [1.54, 1.807) is 48.7 Å². The zero-order chi connectivity index (χ0) is 21.4. The molecule has 0 unspecified atom stereocenters. The maximum atomic E-state index is 14.6. The maximum absolute atomic E-state index is 14.6. The fourth-order valence-corrected chi connectivity index (χ4v) is 3.93. The average molecular weight is 449 g/mol.